The molecule has 0 atom stereocenters. The Morgan fingerprint density at radius 3 is 2.57 bits per heavy atom. The number of hydrogen-bond acceptors (Lipinski definition) is 5. The van der Waals surface area contributed by atoms with Crippen molar-refractivity contribution in [3.05, 3.63) is 87.9 Å². The molecule has 0 spiro atoms. The van der Waals surface area contributed by atoms with Gasteiger partial charge in [-0.2, -0.15) is 5.21 Å². The zero-order valence-electron chi connectivity index (χ0n) is 20.9. The third-order valence-corrected chi connectivity index (χ3v) is 6.69. The van der Waals surface area contributed by atoms with Crippen LogP contribution in [0.5, 0.6) is 0 Å². The molecular weight excluding hydrogens is 488 g/mol. The maximum absolute atomic E-state index is 13.6. The number of rotatable bonds is 10. The van der Waals surface area contributed by atoms with Gasteiger partial charge in [0.05, 0.1) is 17.3 Å². The van der Waals surface area contributed by atoms with Crippen molar-refractivity contribution in [2.45, 2.75) is 52.6 Å². The Balaban J connectivity index is 1.48. The molecule has 0 unspecified atom stereocenters. The molecule has 10 heteroatoms. The molecule has 0 bridgehead atoms. The van der Waals surface area contributed by atoms with Gasteiger partial charge in [0.1, 0.15) is 5.82 Å². The average Bonchev–Trinajstić information content (AvgIpc) is 3.65. The molecular formula is C27H29ClN8O. The van der Waals surface area contributed by atoms with Crippen molar-refractivity contribution in [2.75, 3.05) is 0 Å². The molecule has 0 saturated heterocycles. The van der Waals surface area contributed by atoms with Crippen LogP contribution in [0.15, 0.2) is 65.8 Å². The van der Waals surface area contributed by atoms with Crippen molar-refractivity contribution < 1.29 is 0 Å². The van der Waals surface area contributed by atoms with Crippen LogP contribution in [0.2, 0.25) is 5.02 Å². The van der Waals surface area contributed by atoms with E-state index in [0.29, 0.717) is 23.2 Å². The fraction of sp³-hybridized carbons (Fsp3) is 0.296. The van der Waals surface area contributed by atoms with Crippen LogP contribution in [0.1, 0.15) is 44.5 Å². The standard InChI is InChI=1S/C27H29ClN8O/c1-3-5-8-21-18-36(26-24(28)13-15-34(26)14-4-2)27(37)35(21)17-20-12-11-19(16-29-20)22-9-6-7-10-23(22)25-30-32-33-31-25/h6-7,9-13,15-16,18H,3-5,8,14,17H2,1-2H3,(H,30,31,32,33). The first-order valence-electron chi connectivity index (χ1n) is 12.5. The normalized spacial score (nSPS) is 11.3. The number of nitrogens with one attached hydrogen (secondary N) is 1. The van der Waals surface area contributed by atoms with Crippen molar-refractivity contribution in [3.8, 4) is 28.3 Å². The largest absolute Gasteiger partial charge is 0.334 e. The van der Waals surface area contributed by atoms with Gasteiger partial charge in [-0.3, -0.25) is 14.1 Å². The summed E-state index contributed by atoms with van der Waals surface area (Å²) in [7, 11) is 0. The van der Waals surface area contributed by atoms with Gasteiger partial charge in [0.15, 0.2) is 0 Å². The highest BCUT2D eigenvalue weighted by Gasteiger charge is 2.18. The maximum Gasteiger partial charge on any atom is 0.334 e. The molecule has 190 valence electrons. The highest BCUT2D eigenvalue weighted by Crippen LogP contribution is 2.29. The number of aryl methyl sites for hydroxylation is 2. The van der Waals surface area contributed by atoms with E-state index in [1.807, 2.05) is 70.2 Å². The summed E-state index contributed by atoms with van der Waals surface area (Å²) in [6.07, 6.45) is 9.48. The van der Waals surface area contributed by atoms with Crippen molar-refractivity contribution in [1.82, 2.24) is 39.3 Å². The van der Waals surface area contributed by atoms with Gasteiger partial charge in [-0.25, -0.2) is 4.79 Å². The van der Waals surface area contributed by atoms with E-state index < -0.39 is 0 Å². The Morgan fingerprint density at radius 1 is 1.03 bits per heavy atom. The van der Waals surface area contributed by atoms with E-state index in [2.05, 4.69) is 34.5 Å². The van der Waals surface area contributed by atoms with Crippen LogP contribution in [0.25, 0.3) is 28.3 Å². The molecule has 4 aromatic heterocycles. The summed E-state index contributed by atoms with van der Waals surface area (Å²) < 4.78 is 5.52. The minimum absolute atomic E-state index is 0.114. The smallest absolute Gasteiger partial charge is 0.333 e. The zero-order valence-corrected chi connectivity index (χ0v) is 21.7. The van der Waals surface area contributed by atoms with Crippen LogP contribution in [0, 0.1) is 0 Å². The molecule has 0 amide bonds. The van der Waals surface area contributed by atoms with Gasteiger partial charge in [-0.15, -0.1) is 10.2 Å². The predicted octanol–water partition coefficient (Wildman–Crippen LogP) is 5.14. The second-order valence-electron chi connectivity index (χ2n) is 8.96. The van der Waals surface area contributed by atoms with Crippen molar-refractivity contribution in [2.24, 2.45) is 0 Å². The summed E-state index contributed by atoms with van der Waals surface area (Å²) in [4.78, 5) is 18.3. The number of aromatic amines is 1. The van der Waals surface area contributed by atoms with Gasteiger partial charge in [-0.05, 0) is 42.2 Å². The Kier molecular flexibility index (Phi) is 7.32. The van der Waals surface area contributed by atoms with E-state index in [0.717, 1.165) is 60.3 Å². The van der Waals surface area contributed by atoms with Gasteiger partial charge in [0.2, 0.25) is 5.82 Å². The molecule has 5 rings (SSSR count). The summed E-state index contributed by atoms with van der Waals surface area (Å²) in [5.74, 6) is 1.24. The lowest BCUT2D eigenvalue weighted by Crippen LogP contribution is -2.26. The molecule has 0 aliphatic rings. The monoisotopic (exact) mass is 516 g/mol. The topological polar surface area (TPSA) is 99.2 Å². The van der Waals surface area contributed by atoms with E-state index in [9.17, 15) is 4.79 Å². The van der Waals surface area contributed by atoms with E-state index in [4.69, 9.17) is 16.6 Å². The number of hydrogen-bond donors (Lipinski definition) is 1. The predicted molar refractivity (Wildman–Crippen MR) is 144 cm³/mol. The van der Waals surface area contributed by atoms with Gasteiger partial charge in [0, 0.05) is 42.0 Å². The summed E-state index contributed by atoms with van der Waals surface area (Å²) in [5, 5.41) is 15.0. The molecule has 5 aromatic rings. The lowest BCUT2D eigenvalue weighted by molar-refractivity contribution is 0.641. The van der Waals surface area contributed by atoms with Crippen LogP contribution < -0.4 is 5.69 Å². The molecule has 0 fully saturated rings. The molecule has 1 aromatic carbocycles. The van der Waals surface area contributed by atoms with Crippen LogP contribution >= 0.6 is 11.6 Å². The molecule has 0 aliphatic heterocycles. The highest BCUT2D eigenvalue weighted by atomic mass is 35.5. The third-order valence-electron chi connectivity index (χ3n) is 6.40. The van der Waals surface area contributed by atoms with Crippen molar-refractivity contribution in [1.29, 1.82) is 0 Å². The fourth-order valence-corrected chi connectivity index (χ4v) is 4.82. The first-order valence-corrected chi connectivity index (χ1v) is 12.9. The van der Waals surface area contributed by atoms with Gasteiger partial charge in [0.25, 0.3) is 0 Å². The van der Waals surface area contributed by atoms with E-state index in [1.54, 1.807) is 4.57 Å². The molecule has 4 heterocycles. The minimum Gasteiger partial charge on any atom is -0.333 e. The van der Waals surface area contributed by atoms with Gasteiger partial charge in [-0.1, -0.05) is 62.2 Å². The maximum atomic E-state index is 13.6. The SMILES string of the molecule is CCCCc1cn(-c2c(Cl)ccn2CCC)c(=O)n1Cc1ccc(-c2ccccc2-c2nn[nH]n2)cn1. The number of benzene rings is 1. The average molecular weight is 517 g/mol. The number of aromatic nitrogens is 8. The number of H-pyrrole nitrogens is 1. The Labute approximate surface area is 219 Å². The Bertz CT molecular complexity index is 1530. The lowest BCUT2D eigenvalue weighted by atomic mass is 10.0. The minimum atomic E-state index is -0.114. The van der Waals surface area contributed by atoms with Crippen LogP contribution in [0.3, 0.4) is 0 Å². The molecule has 0 saturated carbocycles. The van der Waals surface area contributed by atoms with Crippen molar-refractivity contribution >= 4 is 11.6 Å². The van der Waals surface area contributed by atoms with Crippen LogP contribution in [-0.4, -0.2) is 39.3 Å². The molecule has 9 nitrogen and oxygen atoms in total. The van der Waals surface area contributed by atoms with Crippen molar-refractivity contribution in [3.63, 3.8) is 0 Å². The number of unbranched alkanes of at least 4 members (excludes halogenated alkanes) is 1. The van der Waals surface area contributed by atoms with E-state index >= 15 is 0 Å². The fourth-order valence-electron chi connectivity index (χ4n) is 4.56. The van der Waals surface area contributed by atoms with E-state index in [-0.39, 0.29) is 5.69 Å². The number of pyridine rings is 1. The second-order valence-corrected chi connectivity index (χ2v) is 9.37. The number of imidazole rings is 1. The molecule has 0 aliphatic carbocycles. The third kappa shape index (κ3) is 4.99. The quantitative estimate of drug-likeness (QED) is 0.277. The zero-order chi connectivity index (χ0) is 25.8. The summed E-state index contributed by atoms with van der Waals surface area (Å²) in [6, 6.07) is 13.7. The summed E-state index contributed by atoms with van der Waals surface area (Å²) in [5.41, 5.74) is 4.42. The van der Waals surface area contributed by atoms with E-state index in [1.165, 1.54) is 0 Å². The lowest BCUT2D eigenvalue weighted by Gasteiger charge is -2.10. The number of halogens is 1. The Hall–Kier alpha value is -3.98. The molecule has 37 heavy (non-hydrogen) atoms. The highest BCUT2D eigenvalue weighted by molar-refractivity contribution is 6.32. The first-order chi connectivity index (χ1) is 18.1. The first kappa shape index (κ1) is 24.7. The summed E-state index contributed by atoms with van der Waals surface area (Å²) in [6.45, 7) is 5.42. The molecule has 0 radical (unpaired) electrons. The van der Waals surface area contributed by atoms with Crippen LogP contribution in [0.4, 0.5) is 0 Å². The number of tetrazole rings is 1. The second kappa shape index (κ2) is 11.0. The number of nitrogens with zero attached hydrogens (tertiary/aromatic N) is 7. The molecule has 1 N–H and O–H groups in total. The van der Waals surface area contributed by atoms with Gasteiger partial charge >= 0.3 is 5.69 Å². The summed E-state index contributed by atoms with van der Waals surface area (Å²) >= 11 is 6.52. The van der Waals surface area contributed by atoms with Crippen LogP contribution in [-0.2, 0) is 19.5 Å². The van der Waals surface area contributed by atoms with Gasteiger partial charge < -0.3 is 4.57 Å². The Morgan fingerprint density at radius 2 is 1.86 bits per heavy atom.